The van der Waals surface area contributed by atoms with Crippen molar-refractivity contribution in [2.75, 3.05) is 7.11 Å². The lowest BCUT2D eigenvalue weighted by atomic mass is 9.90. The third-order valence-electron chi connectivity index (χ3n) is 4.09. The average molecular weight is 354 g/mol. The fraction of sp³-hybridized carbons (Fsp3) is 0.556. The summed E-state index contributed by atoms with van der Waals surface area (Å²) < 4.78 is 10.4. The summed E-state index contributed by atoms with van der Waals surface area (Å²) in [6.45, 7) is 7.18. The Hall–Kier alpha value is -1.59. The summed E-state index contributed by atoms with van der Waals surface area (Å²) >= 11 is 6.31. The van der Waals surface area contributed by atoms with Crippen molar-refractivity contribution in [1.82, 2.24) is 5.32 Å². The quantitative estimate of drug-likeness (QED) is 0.845. The third kappa shape index (κ3) is 3.90. The molecule has 0 spiro atoms. The molecule has 3 atom stereocenters. The highest BCUT2D eigenvalue weighted by atomic mass is 35.5. The zero-order valence-electron chi connectivity index (χ0n) is 14.7. The van der Waals surface area contributed by atoms with Crippen LogP contribution in [0.15, 0.2) is 24.3 Å². The molecule has 1 aromatic rings. The number of hydrogen-bond acceptors (Lipinski definition) is 5. The third-order valence-corrected chi connectivity index (χ3v) is 4.43. The zero-order valence-corrected chi connectivity index (χ0v) is 15.4. The minimum atomic E-state index is -0.972. The molecule has 1 N–H and O–H groups in total. The normalized spacial score (nSPS) is 26.9. The molecule has 24 heavy (non-hydrogen) atoms. The van der Waals surface area contributed by atoms with Crippen molar-refractivity contribution in [3.05, 3.63) is 34.9 Å². The number of ether oxygens (including phenoxy) is 2. The molecule has 2 rings (SSSR count). The number of carbonyl (C=O) groups is 2. The Balaban J connectivity index is 2.39. The molecule has 0 saturated carbocycles. The second-order valence-electron chi connectivity index (χ2n) is 7.31. The van der Waals surface area contributed by atoms with E-state index in [0.717, 1.165) is 5.56 Å². The highest BCUT2D eigenvalue weighted by Gasteiger charge is 2.51. The molecule has 1 heterocycles. The first-order chi connectivity index (χ1) is 11.1. The molecule has 0 unspecified atom stereocenters. The van der Waals surface area contributed by atoms with Crippen LogP contribution in [-0.4, -0.2) is 30.2 Å². The number of nitrogens with one attached hydrogen (secondary N) is 1. The van der Waals surface area contributed by atoms with Crippen molar-refractivity contribution in [2.45, 2.75) is 51.3 Å². The molecule has 1 saturated heterocycles. The summed E-state index contributed by atoms with van der Waals surface area (Å²) in [6, 6.07) is 6.86. The molecule has 0 aromatic heterocycles. The predicted molar refractivity (Wildman–Crippen MR) is 91.7 cm³/mol. The maximum absolute atomic E-state index is 12.7. The van der Waals surface area contributed by atoms with E-state index in [2.05, 4.69) is 5.32 Å². The van der Waals surface area contributed by atoms with Gasteiger partial charge in [0.15, 0.2) is 0 Å². The van der Waals surface area contributed by atoms with E-state index in [9.17, 15) is 9.59 Å². The monoisotopic (exact) mass is 353 g/mol. The number of rotatable bonds is 3. The van der Waals surface area contributed by atoms with Crippen molar-refractivity contribution in [3.63, 3.8) is 0 Å². The van der Waals surface area contributed by atoms with Crippen LogP contribution in [-0.2, 0) is 19.1 Å². The maximum atomic E-state index is 12.7. The van der Waals surface area contributed by atoms with E-state index in [1.165, 1.54) is 7.11 Å². The van der Waals surface area contributed by atoms with Gasteiger partial charge in [0.1, 0.15) is 11.1 Å². The first-order valence-corrected chi connectivity index (χ1v) is 8.28. The Morgan fingerprint density at radius 1 is 1.29 bits per heavy atom. The number of methoxy groups -OCH3 is 1. The van der Waals surface area contributed by atoms with Crippen LogP contribution >= 0.6 is 11.6 Å². The van der Waals surface area contributed by atoms with Crippen LogP contribution in [0.3, 0.4) is 0 Å². The van der Waals surface area contributed by atoms with Gasteiger partial charge in [-0.05, 0) is 45.7 Å². The minimum Gasteiger partial charge on any atom is -0.468 e. The van der Waals surface area contributed by atoms with Crippen molar-refractivity contribution in [3.8, 4) is 0 Å². The number of esters is 2. The lowest BCUT2D eigenvalue weighted by Crippen LogP contribution is -2.46. The van der Waals surface area contributed by atoms with Crippen LogP contribution in [0.1, 0.15) is 45.7 Å². The SMILES string of the molecule is COC(=O)[C@]1(C)C[C@H](C(=O)OC(C)(C)C)[C@H](c2ccccc2Cl)N1. The molecule has 0 amide bonds. The van der Waals surface area contributed by atoms with Gasteiger partial charge in [-0.25, -0.2) is 0 Å². The van der Waals surface area contributed by atoms with Crippen molar-refractivity contribution in [2.24, 2.45) is 5.92 Å². The van der Waals surface area contributed by atoms with Gasteiger partial charge in [0, 0.05) is 11.1 Å². The predicted octanol–water partition coefficient (Wildman–Crippen LogP) is 3.26. The number of benzene rings is 1. The molecular formula is C18H24ClNO4. The molecule has 0 radical (unpaired) electrons. The highest BCUT2D eigenvalue weighted by molar-refractivity contribution is 6.31. The van der Waals surface area contributed by atoms with E-state index in [0.29, 0.717) is 5.02 Å². The molecule has 1 aliphatic heterocycles. The lowest BCUT2D eigenvalue weighted by molar-refractivity contribution is -0.160. The smallest absolute Gasteiger partial charge is 0.325 e. The molecule has 132 valence electrons. The summed E-state index contributed by atoms with van der Waals surface area (Å²) in [7, 11) is 1.33. The Bertz CT molecular complexity index is 640. The van der Waals surface area contributed by atoms with Crippen LogP contribution in [0.25, 0.3) is 0 Å². The van der Waals surface area contributed by atoms with E-state index in [-0.39, 0.29) is 12.4 Å². The zero-order chi connectivity index (χ0) is 18.1. The van der Waals surface area contributed by atoms with Crippen molar-refractivity contribution in [1.29, 1.82) is 0 Å². The number of halogens is 1. The van der Waals surface area contributed by atoms with Crippen molar-refractivity contribution < 1.29 is 19.1 Å². The van der Waals surface area contributed by atoms with Crippen LogP contribution in [0.2, 0.25) is 5.02 Å². The molecule has 1 aliphatic rings. The summed E-state index contributed by atoms with van der Waals surface area (Å²) in [5, 5.41) is 3.77. The molecule has 0 bridgehead atoms. The minimum absolute atomic E-state index is 0.282. The molecular weight excluding hydrogens is 330 g/mol. The maximum Gasteiger partial charge on any atom is 0.325 e. The fourth-order valence-corrected chi connectivity index (χ4v) is 3.30. The fourth-order valence-electron chi connectivity index (χ4n) is 3.05. The standard InChI is InChI=1S/C18H24ClNO4/c1-17(2,3)24-15(21)12-10-18(4,16(22)23-5)20-14(12)11-8-6-7-9-13(11)19/h6-9,12,14,20H,10H2,1-5H3/t12-,14-,18-/m0/s1. The Morgan fingerprint density at radius 3 is 2.46 bits per heavy atom. The van der Waals surface area contributed by atoms with Crippen LogP contribution in [0, 0.1) is 5.92 Å². The molecule has 1 fully saturated rings. The van der Waals surface area contributed by atoms with E-state index in [1.807, 2.05) is 39.0 Å². The van der Waals surface area contributed by atoms with Gasteiger partial charge in [-0.15, -0.1) is 0 Å². The second kappa shape index (κ2) is 6.73. The van der Waals surface area contributed by atoms with E-state index in [4.69, 9.17) is 21.1 Å². The van der Waals surface area contributed by atoms with Crippen LogP contribution < -0.4 is 5.32 Å². The van der Waals surface area contributed by atoms with Gasteiger partial charge in [0.2, 0.25) is 0 Å². The van der Waals surface area contributed by atoms with Gasteiger partial charge in [0.05, 0.1) is 13.0 Å². The van der Waals surface area contributed by atoms with E-state index in [1.54, 1.807) is 13.0 Å². The number of carbonyl (C=O) groups excluding carboxylic acids is 2. The highest BCUT2D eigenvalue weighted by Crippen LogP contribution is 2.42. The van der Waals surface area contributed by atoms with Gasteiger partial charge in [-0.2, -0.15) is 0 Å². The first-order valence-electron chi connectivity index (χ1n) is 7.91. The van der Waals surface area contributed by atoms with Crippen molar-refractivity contribution >= 4 is 23.5 Å². The summed E-state index contributed by atoms with van der Waals surface area (Å²) in [5.41, 5.74) is -0.811. The molecule has 1 aromatic carbocycles. The van der Waals surface area contributed by atoms with Gasteiger partial charge < -0.3 is 9.47 Å². The Morgan fingerprint density at radius 2 is 1.92 bits per heavy atom. The molecule has 6 heteroatoms. The van der Waals surface area contributed by atoms with Gasteiger partial charge in [-0.1, -0.05) is 29.8 Å². The van der Waals surface area contributed by atoms with Crippen LogP contribution in [0.5, 0.6) is 0 Å². The van der Waals surface area contributed by atoms with E-state index >= 15 is 0 Å². The topological polar surface area (TPSA) is 64.6 Å². The summed E-state index contributed by atoms with van der Waals surface area (Å²) in [5.74, 6) is -1.30. The Labute approximate surface area is 147 Å². The molecule has 5 nitrogen and oxygen atoms in total. The molecule has 0 aliphatic carbocycles. The number of hydrogen-bond donors (Lipinski definition) is 1. The first kappa shape index (κ1) is 18.7. The average Bonchev–Trinajstić information content (AvgIpc) is 2.84. The van der Waals surface area contributed by atoms with Crippen LogP contribution in [0.4, 0.5) is 0 Å². The van der Waals surface area contributed by atoms with Gasteiger partial charge in [0.25, 0.3) is 0 Å². The van der Waals surface area contributed by atoms with Gasteiger partial charge in [-0.3, -0.25) is 14.9 Å². The van der Waals surface area contributed by atoms with E-state index < -0.39 is 29.1 Å². The summed E-state index contributed by atoms with van der Waals surface area (Å²) in [4.78, 5) is 24.9. The Kier molecular flexibility index (Phi) is 5.25. The summed E-state index contributed by atoms with van der Waals surface area (Å²) in [6.07, 6.45) is 0.282. The lowest BCUT2D eigenvalue weighted by Gasteiger charge is -2.25. The largest absolute Gasteiger partial charge is 0.468 e. The second-order valence-corrected chi connectivity index (χ2v) is 7.72. The van der Waals surface area contributed by atoms with Gasteiger partial charge >= 0.3 is 11.9 Å².